The highest BCUT2D eigenvalue weighted by Gasteiger charge is 2.22. The van der Waals surface area contributed by atoms with Crippen LogP contribution in [-0.4, -0.2) is 18.6 Å². The molecule has 120 valence electrons. The maximum Gasteiger partial charge on any atom is 0.249 e. The lowest BCUT2D eigenvalue weighted by Gasteiger charge is -2.11. The second kappa shape index (κ2) is 7.79. The van der Waals surface area contributed by atoms with E-state index in [2.05, 4.69) is 5.32 Å². The third kappa shape index (κ3) is 4.57. The molecule has 4 nitrogen and oxygen atoms in total. The topological polar surface area (TPSA) is 47.6 Å². The van der Waals surface area contributed by atoms with Crippen LogP contribution < -0.4 is 10.1 Å². The quantitative estimate of drug-likeness (QED) is 0.892. The number of hydrogen-bond donors (Lipinski definition) is 1. The summed E-state index contributed by atoms with van der Waals surface area (Å²) in [5.41, 5.74) is 2.18. The summed E-state index contributed by atoms with van der Waals surface area (Å²) < 4.78 is 11.1. The van der Waals surface area contributed by atoms with Crippen LogP contribution in [0, 0.1) is 0 Å². The minimum absolute atomic E-state index is 0.0214. The molecule has 0 aromatic heterocycles. The van der Waals surface area contributed by atoms with Gasteiger partial charge in [0.2, 0.25) is 5.91 Å². The SMILES string of the molecule is O=C(NCc1ccc(OCc2ccccc2)cc1)C1CCCO1. The van der Waals surface area contributed by atoms with Gasteiger partial charge in [0.1, 0.15) is 18.5 Å². The van der Waals surface area contributed by atoms with E-state index in [1.807, 2.05) is 54.6 Å². The smallest absolute Gasteiger partial charge is 0.249 e. The molecular weight excluding hydrogens is 290 g/mol. The van der Waals surface area contributed by atoms with Gasteiger partial charge in [-0.25, -0.2) is 0 Å². The predicted molar refractivity (Wildman–Crippen MR) is 88.0 cm³/mol. The van der Waals surface area contributed by atoms with E-state index >= 15 is 0 Å². The van der Waals surface area contributed by atoms with Gasteiger partial charge in [0.15, 0.2) is 0 Å². The Balaban J connectivity index is 1.46. The van der Waals surface area contributed by atoms with Crippen molar-refractivity contribution in [2.75, 3.05) is 6.61 Å². The number of carbonyl (C=O) groups excluding carboxylic acids is 1. The highest BCUT2D eigenvalue weighted by molar-refractivity contribution is 5.80. The molecule has 1 fully saturated rings. The molecule has 1 saturated heterocycles. The third-order valence-corrected chi connectivity index (χ3v) is 3.86. The van der Waals surface area contributed by atoms with E-state index < -0.39 is 0 Å². The Morgan fingerprint density at radius 2 is 1.87 bits per heavy atom. The lowest BCUT2D eigenvalue weighted by atomic mass is 10.2. The number of ether oxygens (including phenoxy) is 2. The second-order valence-electron chi connectivity index (χ2n) is 5.64. The molecule has 1 atom stereocenters. The van der Waals surface area contributed by atoms with Crippen LogP contribution in [0.25, 0.3) is 0 Å². The highest BCUT2D eigenvalue weighted by atomic mass is 16.5. The fraction of sp³-hybridized carbons (Fsp3) is 0.316. The second-order valence-corrected chi connectivity index (χ2v) is 5.64. The molecule has 23 heavy (non-hydrogen) atoms. The lowest BCUT2D eigenvalue weighted by Crippen LogP contribution is -2.33. The third-order valence-electron chi connectivity index (χ3n) is 3.86. The Hall–Kier alpha value is -2.33. The molecule has 2 aromatic rings. The Morgan fingerprint density at radius 1 is 1.09 bits per heavy atom. The highest BCUT2D eigenvalue weighted by Crippen LogP contribution is 2.15. The summed E-state index contributed by atoms with van der Waals surface area (Å²) in [6.07, 6.45) is 1.51. The Bertz CT molecular complexity index is 619. The summed E-state index contributed by atoms with van der Waals surface area (Å²) in [5.74, 6) is 0.801. The molecule has 1 N–H and O–H groups in total. The van der Waals surface area contributed by atoms with Crippen molar-refractivity contribution >= 4 is 5.91 Å². The number of amides is 1. The molecule has 0 radical (unpaired) electrons. The Morgan fingerprint density at radius 3 is 2.57 bits per heavy atom. The van der Waals surface area contributed by atoms with Crippen molar-refractivity contribution in [3.8, 4) is 5.75 Å². The monoisotopic (exact) mass is 311 g/mol. The standard InChI is InChI=1S/C19H21NO3/c21-19(18-7-4-12-22-18)20-13-15-8-10-17(11-9-15)23-14-16-5-2-1-3-6-16/h1-3,5-6,8-11,18H,4,7,12-14H2,(H,20,21). The number of nitrogens with one attached hydrogen (secondary N) is 1. The number of benzene rings is 2. The van der Waals surface area contributed by atoms with Gasteiger partial charge in [0, 0.05) is 13.2 Å². The van der Waals surface area contributed by atoms with E-state index in [0.717, 1.165) is 29.7 Å². The minimum Gasteiger partial charge on any atom is -0.489 e. The fourth-order valence-electron chi connectivity index (χ4n) is 2.53. The summed E-state index contributed by atoms with van der Waals surface area (Å²) in [6, 6.07) is 17.9. The minimum atomic E-state index is -0.275. The largest absolute Gasteiger partial charge is 0.489 e. The Labute approximate surface area is 136 Å². The van der Waals surface area contributed by atoms with E-state index in [-0.39, 0.29) is 12.0 Å². The van der Waals surface area contributed by atoms with Crippen molar-refractivity contribution in [3.05, 3.63) is 65.7 Å². The number of carbonyl (C=O) groups is 1. The average Bonchev–Trinajstić information content (AvgIpc) is 3.14. The van der Waals surface area contributed by atoms with Crippen molar-refractivity contribution in [2.24, 2.45) is 0 Å². The fourth-order valence-corrected chi connectivity index (χ4v) is 2.53. The zero-order valence-electron chi connectivity index (χ0n) is 13.0. The van der Waals surface area contributed by atoms with E-state index in [1.165, 1.54) is 0 Å². The first-order chi connectivity index (χ1) is 11.3. The summed E-state index contributed by atoms with van der Waals surface area (Å²) >= 11 is 0. The van der Waals surface area contributed by atoms with E-state index in [9.17, 15) is 4.79 Å². The van der Waals surface area contributed by atoms with Crippen LogP contribution in [0.5, 0.6) is 5.75 Å². The van der Waals surface area contributed by atoms with Crippen molar-refractivity contribution in [1.82, 2.24) is 5.32 Å². The van der Waals surface area contributed by atoms with Crippen LogP contribution >= 0.6 is 0 Å². The first kappa shape index (κ1) is 15.6. The molecule has 1 unspecified atom stereocenters. The van der Waals surface area contributed by atoms with E-state index in [0.29, 0.717) is 19.8 Å². The van der Waals surface area contributed by atoms with Crippen molar-refractivity contribution in [3.63, 3.8) is 0 Å². The van der Waals surface area contributed by atoms with Gasteiger partial charge in [0.25, 0.3) is 0 Å². The molecule has 1 aliphatic rings. The van der Waals surface area contributed by atoms with Gasteiger partial charge in [-0.1, -0.05) is 42.5 Å². The van der Waals surface area contributed by atoms with Crippen LogP contribution in [0.15, 0.2) is 54.6 Å². The van der Waals surface area contributed by atoms with Gasteiger partial charge in [0.05, 0.1) is 0 Å². The van der Waals surface area contributed by atoms with Crippen LogP contribution in [0.4, 0.5) is 0 Å². The first-order valence-corrected chi connectivity index (χ1v) is 7.96. The van der Waals surface area contributed by atoms with E-state index in [1.54, 1.807) is 0 Å². The molecular formula is C19H21NO3. The van der Waals surface area contributed by atoms with Gasteiger partial charge in [-0.05, 0) is 36.1 Å². The van der Waals surface area contributed by atoms with Crippen LogP contribution in [0.3, 0.4) is 0 Å². The first-order valence-electron chi connectivity index (χ1n) is 7.96. The summed E-state index contributed by atoms with van der Waals surface area (Å²) in [6.45, 7) is 1.75. The molecule has 0 spiro atoms. The van der Waals surface area contributed by atoms with Crippen molar-refractivity contribution in [1.29, 1.82) is 0 Å². The molecule has 0 bridgehead atoms. The molecule has 3 rings (SSSR count). The summed E-state index contributed by atoms with van der Waals surface area (Å²) in [5, 5.41) is 2.91. The average molecular weight is 311 g/mol. The summed E-state index contributed by atoms with van der Waals surface area (Å²) in [4.78, 5) is 11.9. The van der Waals surface area contributed by atoms with Crippen LogP contribution in [-0.2, 0) is 22.7 Å². The number of rotatable bonds is 6. The summed E-state index contributed by atoms with van der Waals surface area (Å²) in [7, 11) is 0. The zero-order chi connectivity index (χ0) is 15.9. The van der Waals surface area contributed by atoms with Gasteiger partial charge in [-0.3, -0.25) is 4.79 Å². The maximum atomic E-state index is 11.9. The predicted octanol–water partition coefficient (Wildman–Crippen LogP) is 3.06. The molecule has 0 saturated carbocycles. The molecule has 1 heterocycles. The molecule has 4 heteroatoms. The van der Waals surface area contributed by atoms with Gasteiger partial charge in [-0.15, -0.1) is 0 Å². The molecule has 1 aliphatic heterocycles. The van der Waals surface area contributed by atoms with E-state index in [4.69, 9.17) is 9.47 Å². The van der Waals surface area contributed by atoms with Crippen molar-refractivity contribution in [2.45, 2.75) is 32.1 Å². The van der Waals surface area contributed by atoms with Gasteiger partial charge in [-0.2, -0.15) is 0 Å². The zero-order valence-corrected chi connectivity index (χ0v) is 13.0. The van der Waals surface area contributed by atoms with Gasteiger partial charge < -0.3 is 14.8 Å². The Kier molecular flexibility index (Phi) is 5.27. The molecule has 2 aromatic carbocycles. The van der Waals surface area contributed by atoms with Crippen LogP contribution in [0.1, 0.15) is 24.0 Å². The molecule has 1 amide bonds. The molecule has 0 aliphatic carbocycles. The maximum absolute atomic E-state index is 11.9. The number of hydrogen-bond acceptors (Lipinski definition) is 3. The normalized spacial score (nSPS) is 17.0. The van der Waals surface area contributed by atoms with Gasteiger partial charge >= 0.3 is 0 Å². The lowest BCUT2D eigenvalue weighted by molar-refractivity contribution is -0.130. The van der Waals surface area contributed by atoms with Crippen molar-refractivity contribution < 1.29 is 14.3 Å². The van der Waals surface area contributed by atoms with Crippen LogP contribution in [0.2, 0.25) is 0 Å².